The van der Waals surface area contributed by atoms with Crippen LogP contribution in [0.3, 0.4) is 0 Å². The third-order valence-electron chi connectivity index (χ3n) is 5.74. The third-order valence-corrected chi connectivity index (χ3v) is 6.70. The summed E-state index contributed by atoms with van der Waals surface area (Å²) in [6.07, 6.45) is 2.67. The molecule has 5 nitrogen and oxygen atoms in total. The summed E-state index contributed by atoms with van der Waals surface area (Å²) in [5.41, 5.74) is 5.59. The predicted molar refractivity (Wildman–Crippen MR) is 123 cm³/mol. The predicted octanol–water partition coefficient (Wildman–Crippen LogP) is 5.56. The average Bonchev–Trinajstić information content (AvgIpc) is 3.42. The number of thiophene rings is 1. The Balaban J connectivity index is 1.71. The molecule has 152 valence electrons. The summed E-state index contributed by atoms with van der Waals surface area (Å²) in [7, 11) is 0. The number of nitrogens with zero attached hydrogens (tertiary/aromatic N) is 4. The molecule has 4 aromatic rings. The molecule has 0 N–H and O–H groups in total. The van der Waals surface area contributed by atoms with Gasteiger partial charge in [0.2, 0.25) is 0 Å². The minimum absolute atomic E-state index is 0.0153. The quantitative estimate of drug-likeness (QED) is 0.439. The maximum Gasteiger partial charge on any atom is 0.259 e. The Bertz CT molecular complexity index is 1280. The maximum absolute atomic E-state index is 13.7. The molecule has 1 aliphatic rings. The van der Waals surface area contributed by atoms with E-state index in [0.29, 0.717) is 12.1 Å². The van der Waals surface area contributed by atoms with Gasteiger partial charge in [-0.3, -0.25) is 4.79 Å². The van der Waals surface area contributed by atoms with Gasteiger partial charge in [0.15, 0.2) is 5.65 Å². The van der Waals surface area contributed by atoms with Gasteiger partial charge in [0.05, 0.1) is 22.8 Å². The molecule has 0 aliphatic carbocycles. The molecule has 6 heteroatoms. The molecule has 1 aliphatic heterocycles. The van der Waals surface area contributed by atoms with Gasteiger partial charge in [-0.25, -0.2) is 9.67 Å². The molecular weight excluding hydrogens is 392 g/mol. The highest BCUT2D eigenvalue weighted by molar-refractivity contribution is 7.12. The van der Waals surface area contributed by atoms with Crippen molar-refractivity contribution in [1.29, 1.82) is 0 Å². The van der Waals surface area contributed by atoms with Crippen LogP contribution >= 0.6 is 11.3 Å². The Morgan fingerprint density at radius 1 is 1.17 bits per heavy atom. The van der Waals surface area contributed by atoms with E-state index in [1.807, 2.05) is 33.8 Å². The standard InChI is InChI=1S/C24H24N4OS/c1-14(2)28-23-20(13-25-28)19(12-21(26-23)18-11-15(3)30-16(18)4)24(29)27-10-9-17-7-5-6-8-22(17)27/h5-8,11-14H,9-10H2,1-4H3. The van der Waals surface area contributed by atoms with Crippen molar-refractivity contribution in [1.82, 2.24) is 14.8 Å². The minimum atomic E-state index is 0.0153. The molecule has 1 amide bonds. The molecule has 1 aromatic carbocycles. The summed E-state index contributed by atoms with van der Waals surface area (Å²) in [4.78, 5) is 23.0. The Hall–Kier alpha value is -2.99. The van der Waals surface area contributed by atoms with Crippen LogP contribution in [0.2, 0.25) is 0 Å². The third kappa shape index (κ3) is 2.94. The van der Waals surface area contributed by atoms with Crippen LogP contribution in [0.5, 0.6) is 0 Å². The highest BCUT2D eigenvalue weighted by Crippen LogP contribution is 2.35. The topological polar surface area (TPSA) is 51.0 Å². The van der Waals surface area contributed by atoms with Gasteiger partial charge < -0.3 is 4.90 Å². The number of rotatable bonds is 3. The lowest BCUT2D eigenvalue weighted by molar-refractivity contribution is 0.0991. The second-order valence-electron chi connectivity index (χ2n) is 8.14. The summed E-state index contributed by atoms with van der Waals surface area (Å²) in [5.74, 6) is 0.0153. The molecule has 3 aromatic heterocycles. The van der Waals surface area contributed by atoms with Crippen molar-refractivity contribution in [3.63, 3.8) is 0 Å². The van der Waals surface area contributed by atoms with Gasteiger partial charge in [0.1, 0.15) is 0 Å². The molecule has 0 atom stereocenters. The van der Waals surface area contributed by atoms with Crippen LogP contribution in [0.25, 0.3) is 22.3 Å². The first kappa shape index (κ1) is 19.0. The van der Waals surface area contributed by atoms with Crippen molar-refractivity contribution in [3.05, 3.63) is 63.5 Å². The number of hydrogen-bond donors (Lipinski definition) is 0. The lowest BCUT2D eigenvalue weighted by atomic mass is 10.1. The highest BCUT2D eigenvalue weighted by atomic mass is 32.1. The number of hydrogen-bond acceptors (Lipinski definition) is 4. The zero-order chi connectivity index (χ0) is 21.0. The van der Waals surface area contributed by atoms with E-state index in [2.05, 4.69) is 44.9 Å². The Labute approximate surface area is 180 Å². The van der Waals surface area contributed by atoms with Crippen molar-refractivity contribution in [2.75, 3.05) is 11.4 Å². The van der Waals surface area contributed by atoms with Gasteiger partial charge in [0, 0.05) is 33.6 Å². The van der Waals surface area contributed by atoms with Crippen molar-refractivity contribution < 1.29 is 4.79 Å². The molecular formula is C24H24N4OS. The fourth-order valence-electron chi connectivity index (χ4n) is 4.29. The second-order valence-corrected chi connectivity index (χ2v) is 9.60. The van der Waals surface area contributed by atoms with Gasteiger partial charge >= 0.3 is 0 Å². The van der Waals surface area contributed by atoms with E-state index in [9.17, 15) is 4.79 Å². The largest absolute Gasteiger partial charge is 0.308 e. The number of anilines is 1. The van der Waals surface area contributed by atoms with Crippen LogP contribution < -0.4 is 4.90 Å². The molecule has 5 rings (SSSR count). The smallest absolute Gasteiger partial charge is 0.259 e. The molecule has 4 heterocycles. The molecule has 0 spiro atoms. The molecule has 0 unspecified atom stereocenters. The molecule has 30 heavy (non-hydrogen) atoms. The van der Waals surface area contributed by atoms with Crippen LogP contribution in [0.15, 0.2) is 42.6 Å². The summed E-state index contributed by atoms with van der Waals surface area (Å²) in [6.45, 7) is 9.08. The van der Waals surface area contributed by atoms with Crippen LogP contribution in [0, 0.1) is 13.8 Å². The fraction of sp³-hybridized carbons (Fsp3) is 0.292. The Morgan fingerprint density at radius 3 is 2.70 bits per heavy atom. The van der Waals surface area contributed by atoms with E-state index in [1.54, 1.807) is 17.5 Å². The van der Waals surface area contributed by atoms with E-state index in [4.69, 9.17) is 4.98 Å². The number of amides is 1. The van der Waals surface area contributed by atoms with Crippen LogP contribution in [-0.2, 0) is 6.42 Å². The minimum Gasteiger partial charge on any atom is -0.308 e. The Morgan fingerprint density at radius 2 is 1.97 bits per heavy atom. The first-order valence-electron chi connectivity index (χ1n) is 10.3. The molecule has 0 fully saturated rings. The molecule has 0 saturated carbocycles. The summed E-state index contributed by atoms with van der Waals surface area (Å²) in [6, 6.07) is 12.4. The van der Waals surface area contributed by atoms with Crippen molar-refractivity contribution in [2.45, 2.75) is 40.2 Å². The maximum atomic E-state index is 13.7. The summed E-state index contributed by atoms with van der Waals surface area (Å²) < 4.78 is 1.90. The number of aromatic nitrogens is 3. The van der Waals surface area contributed by atoms with Gasteiger partial charge in [0.25, 0.3) is 5.91 Å². The zero-order valence-electron chi connectivity index (χ0n) is 17.6. The number of fused-ring (bicyclic) bond motifs is 2. The second kappa shape index (κ2) is 7.06. The van der Waals surface area contributed by atoms with Gasteiger partial charge in [-0.15, -0.1) is 11.3 Å². The van der Waals surface area contributed by atoms with E-state index < -0.39 is 0 Å². The first-order valence-corrected chi connectivity index (χ1v) is 11.1. The van der Waals surface area contributed by atoms with E-state index >= 15 is 0 Å². The number of pyridine rings is 1. The van der Waals surface area contributed by atoms with Crippen molar-refractivity contribution >= 4 is 34.0 Å². The highest BCUT2D eigenvalue weighted by Gasteiger charge is 2.28. The number of carbonyl (C=O) groups is 1. The molecule has 0 saturated heterocycles. The fourth-order valence-corrected chi connectivity index (χ4v) is 5.22. The lowest BCUT2D eigenvalue weighted by Gasteiger charge is -2.18. The first-order chi connectivity index (χ1) is 14.4. The molecule has 0 bridgehead atoms. The van der Waals surface area contributed by atoms with E-state index in [-0.39, 0.29) is 11.9 Å². The number of para-hydroxylation sites is 1. The van der Waals surface area contributed by atoms with Crippen molar-refractivity contribution in [2.24, 2.45) is 0 Å². The monoisotopic (exact) mass is 416 g/mol. The van der Waals surface area contributed by atoms with Gasteiger partial charge in [-0.2, -0.15) is 5.10 Å². The van der Waals surface area contributed by atoms with Crippen LogP contribution in [0.1, 0.15) is 45.6 Å². The van der Waals surface area contributed by atoms with Crippen molar-refractivity contribution in [3.8, 4) is 11.3 Å². The van der Waals surface area contributed by atoms with Crippen LogP contribution in [-0.4, -0.2) is 27.2 Å². The molecule has 0 radical (unpaired) electrons. The number of carbonyl (C=O) groups excluding carboxylic acids is 1. The number of aryl methyl sites for hydroxylation is 2. The Kier molecular flexibility index (Phi) is 4.47. The lowest BCUT2D eigenvalue weighted by Crippen LogP contribution is -2.29. The van der Waals surface area contributed by atoms with Crippen LogP contribution in [0.4, 0.5) is 5.69 Å². The van der Waals surface area contributed by atoms with E-state index in [0.717, 1.165) is 34.4 Å². The van der Waals surface area contributed by atoms with E-state index in [1.165, 1.54) is 15.3 Å². The van der Waals surface area contributed by atoms with Gasteiger partial charge in [-0.1, -0.05) is 18.2 Å². The SMILES string of the molecule is Cc1cc(-c2cc(C(=O)N3CCc4ccccc43)c3cnn(C(C)C)c3n2)c(C)s1. The van der Waals surface area contributed by atoms with Gasteiger partial charge in [-0.05, 0) is 57.9 Å². The number of benzene rings is 1. The zero-order valence-corrected chi connectivity index (χ0v) is 18.5. The summed E-state index contributed by atoms with van der Waals surface area (Å²) in [5, 5.41) is 5.37. The summed E-state index contributed by atoms with van der Waals surface area (Å²) >= 11 is 1.75. The normalized spacial score (nSPS) is 13.4. The average molecular weight is 417 g/mol.